The van der Waals surface area contributed by atoms with E-state index in [0.717, 1.165) is 0 Å². The van der Waals surface area contributed by atoms with Crippen LogP contribution in [0.15, 0.2) is 56.6 Å². The zero-order valence-electron chi connectivity index (χ0n) is 17.1. The molecule has 0 aliphatic heterocycles. The third kappa shape index (κ3) is 5.00. The summed E-state index contributed by atoms with van der Waals surface area (Å²) in [6.07, 6.45) is 1.71. The molecule has 162 valence electrons. The zero-order valence-corrected chi connectivity index (χ0v) is 17.9. The van der Waals surface area contributed by atoms with Crippen LogP contribution in [0, 0.1) is 0 Å². The van der Waals surface area contributed by atoms with Gasteiger partial charge in [-0.1, -0.05) is 12.1 Å². The van der Waals surface area contributed by atoms with E-state index >= 15 is 0 Å². The lowest BCUT2D eigenvalue weighted by Crippen LogP contribution is -2.22. The molecule has 0 aliphatic rings. The van der Waals surface area contributed by atoms with Crippen molar-refractivity contribution in [2.45, 2.75) is 11.8 Å². The fraction of sp³-hybridized carbons (Fsp3) is 0.227. The van der Waals surface area contributed by atoms with Crippen molar-refractivity contribution in [2.24, 2.45) is 0 Å². The quantitative estimate of drug-likeness (QED) is 0.236. The van der Waals surface area contributed by atoms with Gasteiger partial charge in [-0.3, -0.25) is 4.79 Å². The number of ether oxygens (including phenoxy) is 3. The van der Waals surface area contributed by atoms with Crippen LogP contribution in [-0.2, 0) is 20.4 Å². The average molecular weight is 444 g/mol. The molecule has 0 radical (unpaired) electrons. The lowest BCUT2D eigenvalue weighted by Gasteiger charge is -2.14. The molecule has 0 fully saturated rings. The number of rotatable bonds is 7. The number of esters is 2. The summed E-state index contributed by atoms with van der Waals surface area (Å²) in [5.74, 6) is -0.842. The fourth-order valence-electron chi connectivity index (χ4n) is 2.88. The lowest BCUT2D eigenvalue weighted by molar-refractivity contribution is -0.270. The van der Waals surface area contributed by atoms with Crippen LogP contribution in [0.25, 0.3) is 11.0 Å². The molecule has 1 aromatic heterocycles. The Labute approximate surface area is 180 Å². The van der Waals surface area contributed by atoms with E-state index in [1.54, 1.807) is 24.5 Å². The SMILES string of the molecule is COc1ccc2oc(=O)c([S+](C)CCOC(=O)c3ccccc3OC(C)=O)c([O-])c2c1. The molecule has 3 rings (SSSR count). The van der Waals surface area contributed by atoms with Gasteiger partial charge >= 0.3 is 17.6 Å². The summed E-state index contributed by atoms with van der Waals surface area (Å²) in [4.78, 5) is 36.0. The van der Waals surface area contributed by atoms with Crippen molar-refractivity contribution in [3.05, 3.63) is 58.4 Å². The maximum atomic E-state index is 12.9. The average Bonchev–Trinajstić information content (AvgIpc) is 2.73. The number of methoxy groups -OCH3 is 1. The summed E-state index contributed by atoms with van der Waals surface area (Å²) in [6, 6.07) is 10.8. The number of hydrogen-bond acceptors (Lipinski definition) is 8. The number of carbonyl (C=O) groups is 2. The van der Waals surface area contributed by atoms with Gasteiger partial charge in [0.2, 0.25) is 4.90 Å². The molecule has 0 saturated heterocycles. The monoisotopic (exact) mass is 444 g/mol. The standard InChI is InChI=1S/C22H20O8S/c1-13(23)29-17-7-5-4-6-15(17)21(25)28-10-11-31(3)20-19(24)16-12-14(27-2)8-9-18(16)30-22(20)26/h4-9,12H,10-11H2,1-3H3. The molecule has 0 amide bonds. The molecular weight excluding hydrogens is 424 g/mol. The first kappa shape index (κ1) is 22.2. The summed E-state index contributed by atoms with van der Waals surface area (Å²) in [5, 5.41) is 13.1. The van der Waals surface area contributed by atoms with E-state index in [2.05, 4.69) is 0 Å². The normalized spacial score (nSPS) is 11.7. The maximum absolute atomic E-state index is 12.9. The Kier molecular flexibility index (Phi) is 6.86. The molecule has 0 saturated carbocycles. The van der Waals surface area contributed by atoms with Crippen LogP contribution in [0.4, 0.5) is 0 Å². The molecule has 1 unspecified atom stereocenters. The Bertz CT molecular complexity index is 1180. The van der Waals surface area contributed by atoms with E-state index in [1.165, 1.54) is 38.3 Å². The van der Waals surface area contributed by atoms with Crippen LogP contribution in [-0.4, -0.2) is 37.7 Å². The molecule has 0 aliphatic carbocycles. The van der Waals surface area contributed by atoms with E-state index in [4.69, 9.17) is 18.6 Å². The van der Waals surface area contributed by atoms with Gasteiger partial charge in [0.15, 0.2) is 0 Å². The molecule has 1 heterocycles. The van der Waals surface area contributed by atoms with Crippen LogP contribution in [0.5, 0.6) is 17.2 Å². The van der Waals surface area contributed by atoms with Crippen LogP contribution >= 0.6 is 0 Å². The number of benzene rings is 2. The second-order valence-electron chi connectivity index (χ2n) is 6.48. The molecule has 0 bridgehead atoms. The minimum Gasteiger partial charge on any atom is -0.868 e. The highest BCUT2D eigenvalue weighted by Crippen LogP contribution is 2.30. The van der Waals surface area contributed by atoms with Gasteiger partial charge in [-0.2, -0.15) is 0 Å². The minimum absolute atomic E-state index is 0.0112. The largest absolute Gasteiger partial charge is 0.868 e. The summed E-state index contributed by atoms with van der Waals surface area (Å²) >= 11 is 0. The van der Waals surface area contributed by atoms with E-state index in [0.29, 0.717) is 5.75 Å². The Morgan fingerprint density at radius 2 is 1.90 bits per heavy atom. The fourth-order valence-corrected chi connectivity index (χ4v) is 4.17. The van der Waals surface area contributed by atoms with Gasteiger partial charge in [0.25, 0.3) is 0 Å². The van der Waals surface area contributed by atoms with Gasteiger partial charge in [0, 0.05) is 23.2 Å². The Balaban J connectivity index is 1.74. The first-order valence-corrected chi connectivity index (χ1v) is 11.0. The number of fused-ring (bicyclic) bond motifs is 1. The zero-order chi connectivity index (χ0) is 22.5. The van der Waals surface area contributed by atoms with Crippen molar-refractivity contribution < 1.29 is 33.3 Å². The smallest absolute Gasteiger partial charge is 0.391 e. The van der Waals surface area contributed by atoms with Crippen LogP contribution < -0.4 is 20.2 Å². The first-order valence-electron chi connectivity index (χ1n) is 9.20. The van der Waals surface area contributed by atoms with E-state index < -0.39 is 34.2 Å². The molecule has 9 heteroatoms. The molecule has 31 heavy (non-hydrogen) atoms. The molecule has 1 atom stereocenters. The van der Waals surface area contributed by atoms with E-state index in [9.17, 15) is 19.5 Å². The van der Waals surface area contributed by atoms with Gasteiger partial charge < -0.3 is 23.7 Å². The second kappa shape index (κ2) is 9.57. The van der Waals surface area contributed by atoms with E-state index in [-0.39, 0.29) is 39.5 Å². The molecular formula is C22H20O8S. The molecule has 0 spiro atoms. The second-order valence-corrected chi connectivity index (χ2v) is 8.57. The molecule has 0 N–H and O–H groups in total. The number of para-hydroxylation sites is 1. The summed E-state index contributed by atoms with van der Waals surface area (Å²) in [5.41, 5.74) is -0.416. The van der Waals surface area contributed by atoms with Crippen molar-refractivity contribution in [1.29, 1.82) is 0 Å². The molecule has 3 aromatic rings. The highest BCUT2D eigenvalue weighted by atomic mass is 32.2. The predicted octanol–water partition coefficient (Wildman–Crippen LogP) is 2.26. The minimum atomic E-state index is -0.831. The third-order valence-corrected chi connectivity index (χ3v) is 6.19. The van der Waals surface area contributed by atoms with Crippen molar-refractivity contribution in [3.8, 4) is 17.2 Å². The van der Waals surface area contributed by atoms with Crippen LogP contribution in [0.1, 0.15) is 17.3 Å². The summed E-state index contributed by atoms with van der Waals surface area (Å²) in [7, 11) is 0.646. The highest BCUT2D eigenvalue weighted by molar-refractivity contribution is 7.96. The maximum Gasteiger partial charge on any atom is 0.391 e. The molecule has 8 nitrogen and oxygen atoms in total. The first-order chi connectivity index (χ1) is 14.8. The van der Waals surface area contributed by atoms with Gasteiger partial charge in [-0.05, 0) is 36.1 Å². The van der Waals surface area contributed by atoms with Gasteiger partial charge in [-0.25, -0.2) is 9.59 Å². The predicted molar refractivity (Wildman–Crippen MR) is 113 cm³/mol. The van der Waals surface area contributed by atoms with Gasteiger partial charge in [-0.15, -0.1) is 0 Å². The van der Waals surface area contributed by atoms with Crippen LogP contribution in [0.3, 0.4) is 0 Å². The van der Waals surface area contributed by atoms with Crippen molar-refractivity contribution in [2.75, 3.05) is 25.7 Å². The van der Waals surface area contributed by atoms with Crippen molar-refractivity contribution in [3.63, 3.8) is 0 Å². The van der Waals surface area contributed by atoms with Crippen molar-refractivity contribution in [1.82, 2.24) is 0 Å². The molecule has 2 aromatic carbocycles. The number of carbonyl (C=O) groups excluding carboxylic acids is 2. The lowest BCUT2D eigenvalue weighted by atomic mass is 10.2. The number of hydrogen-bond donors (Lipinski definition) is 0. The van der Waals surface area contributed by atoms with Crippen molar-refractivity contribution >= 4 is 33.8 Å². The topological polar surface area (TPSA) is 115 Å². The van der Waals surface area contributed by atoms with E-state index in [1.807, 2.05) is 0 Å². The van der Waals surface area contributed by atoms with Gasteiger partial charge in [0.1, 0.15) is 41.3 Å². The summed E-state index contributed by atoms with van der Waals surface area (Å²) in [6.45, 7) is 1.19. The Morgan fingerprint density at radius 3 is 2.61 bits per heavy atom. The Morgan fingerprint density at radius 1 is 1.16 bits per heavy atom. The van der Waals surface area contributed by atoms with Crippen LogP contribution in [0.2, 0.25) is 0 Å². The van der Waals surface area contributed by atoms with Gasteiger partial charge in [0.05, 0.1) is 7.11 Å². The third-order valence-electron chi connectivity index (χ3n) is 4.36. The Hall–Kier alpha value is -3.46. The summed E-state index contributed by atoms with van der Waals surface area (Å²) < 4.78 is 20.7. The highest BCUT2D eigenvalue weighted by Gasteiger charge is 2.25.